The molecule has 8 nitrogen and oxygen atoms in total. The summed E-state index contributed by atoms with van der Waals surface area (Å²) in [5, 5.41) is 6.80. The second kappa shape index (κ2) is 22.9. The van der Waals surface area contributed by atoms with Gasteiger partial charge in [0.05, 0.1) is 0 Å². The van der Waals surface area contributed by atoms with Crippen LogP contribution in [0.3, 0.4) is 0 Å². The Bertz CT molecular complexity index is 732. The molecule has 228 valence electrons. The van der Waals surface area contributed by atoms with E-state index >= 15 is 0 Å². The zero-order valence-corrected chi connectivity index (χ0v) is 27.7. The Hall–Kier alpha value is -1.77. The van der Waals surface area contributed by atoms with Gasteiger partial charge in [-0.2, -0.15) is 0 Å². The summed E-state index contributed by atoms with van der Waals surface area (Å²) >= 11 is 0. The highest BCUT2D eigenvalue weighted by molar-refractivity contribution is 6.61. The second-order valence-corrected chi connectivity index (χ2v) is 14.2. The summed E-state index contributed by atoms with van der Waals surface area (Å²) < 4.78 is 35.0. The zero-order chi connectivity index (χ0) is 29.4. The lowest BCUT2D eigenvalue weighted by molar-refractivity contribution is 0.0702. The van der Waals surface area contributed by atoms with Crippen molar-refractivity contribution < 1.29 is 26.6 Å². The van der Waals surface area contributed by atoms with E-state index in [4.69, 9.17) is 26.6 Å². The van der Waals surface area contributed by atoms with Crippen LogP contribution in [-0.4, -0.2) is 70.3 Å². The van der Waals surface area contributed by atoms with Gasteiger partial charge in [0.15, 0.2) is 0 Å². The molecule has 0 heterocycles. The van der Waals surface area contributed by atoms with Gasteiger partial charge in [-0.1, -0.05) is 36.4 Å². The molecule has 0 spiro atoms. The Labute approximate surface area is 245 Å². The highest BCUT2D eigenvalue weighted by atomic mass is 28.4. The molecule has 0 saturated carbocycles. The Kier molecular flexibility index (Phi) is 20.7. The van der Waals surface area contributed by atoms with E-state index in [-0.39, 0.29) is 0 Å². The second-order valence-electron chi connectivity index (χ2n) is 8.76. The predicted molar refractivity (Wildman–Crippen MR) is 170 cm³/mol. The largest absolute Gasteiger partial charge is 0.500 e. The van der Waals surface area contributed by atoms with Crippen molar-refractivity contribution in [1.82, 2.24) is 0 Å². The number of anilines is 2. The van der Waals surface area contributed by atoms with Gasteiger partial charge < -0.3 is 37.2 Å². The minimum Gasteiger partial charge on any atom is -0.385 e. The molecule has 40 heavy (non-hydrogen) atoms. The van der Waals surface area contributed by atoms with Crippen LogP contribution in [0.2, 0.25) is 12.1 Å². The average molecular weight is 595 g/mol. The Morgan fingerprint density at radius 3 is 0.975 bits per heavy atom. The quantitative estimate of drug-likeness (QED) is 0.111. The summed E-state index contributed by atoms with van der Waals surface area (Å²) in [6.07, 6.45) is 1.95. The lowest BCUT2D eigenvalue weighted by Gasteiger charge is -2.28. The zero-order valence-electron chi connectivity index (χ0n) is 25.7. The lowest BCUT2D eigenvalue weighted by atomic mass is 10.3. The average Bonchev–Trinajstić information content (AvgIpc) is 2.96. The van der Waals surface area contributed by atoms with Crippen LogP contribution < -0.4 is 10.6 Å². The number of hydrogen-bond acceptors (Lipinski definition) is 8. The molecule has 0 bridgehead atoms. The molecule has 0 unspecified atom stereocenters. The summed E-state index contributed by atoms with van der Waals surface area (Å²) in [6.45, 7) is 17.5. The SMILES string of the molecule is CCO[Si](CCCNc1ccccc1)(OCC)OCC.CCO[Si](CCCNc1ccccc1)(OCC)OCC. The van der Waals surface area contributed by atoms with E-state index in [0.29, 0.717) is 39.6 Å². The van der Waals surface area contributed by atoms with E-state index in [9.17, 15) is 0 Å². The van der Waals surface area contributed by atoms with Gasteiger partial charge in [0, 0.05) is 76.2 Å². The van der Waals surface area contributed by atoms with Gasteiger partial charge in [-0.25, -0.2) is 0 Å². The van der Waals surface area contributed by atoms with Gasteiger partial charge in [-0.15, -0.1) is 0 Å². The van der Waals surface area contributed by atoms with Crippen molar-refractivity contribution in [3.05, 3.63) is 60.7 Å². The fourth-order valence-electron chi connectivity index (χ4n) is 4.19. The van der Waals surface area contributed by atoms with Gasteiger partial charge in [0.1, 0.15) is 0 Å². The Morgan fingerprint density at radius 2 is 0.725 bits per heavy atom. The summed E-state index contributed by atoms with van der Waals surface area (Å²) in [6, 6.07) is 22.1. The molecule has 2 N–H and O–H groups in total. The molecule has 2 rings (SSSR count). The van der Waals surface area contributed by atoms with Crippen LogP contribution in [0.15, 0.2) is 60.7 Å². The molecular formula is C30H54N2O6Si2. The van der Waals surface area contributed by atoms with E-state index in [1.54, 1.807) is 0 Å². The van der Waals surface area contributed by atoms with Crippen LogP contribution in [0.25, 0.3) is 0 Å². The van der Waals surface area contributed by atoms with E-state index in [1.807, 2.05) is 77.9 Å². The fraction of sp³-hybridized carbons (Fsp3) is 0.600. The topological polar surface area (TPSA) is 79.4 Å². The first-order valence-electron chi connectivity index (χ1n) is 14.9. The number of nitrogens with one attached hydrogen (secondary N) is 2. The smallest absolute Gasteiger partial charge is 0.385 e. The van der Waals surface area contributed by atoms with Crippen molar-refractivity contribution in [2.45, 2.75) is 66.5 Å². The highest BCUT2D eigenvalue weighted by Crippen LogP contribution is 2.19. The van der Waals surface area contributed by atoms with Gasteiger partial charge >= 0.3 is 17.6 Å². The van der Waals surface area contributed by atoms with Gasteiger partial charge in [-0.3, -0.25) is 0 Å². The van der Waals surface area contributed by atoms with Crippen molar-refractivity contribution in [2.75, 3.05) is 63.4 Å². The molecule has 0 aliphatic rings. The molecule has 0 atom stereocenters. The summed E-state index contributed by atoms with van der Waals surface area (Å²) in [7, 11) is -4.95. The maximum Gasteiger partial charge on any atom is 0.500 e. The van der Waals surface area contributed by atoms with Gasteiger partial charge in [0.25, 0.3) is 0 Å². The molecule has 0 saturated heterocycles. The van der Waals surface area contributed by atoms with E-state index in [0.717, 1.165) is 49.4 Å². The third-order valence-electron chi connectivity index (χ3n) is 5.71. The number of benzene rings is 2. The van der Waals surface area contributed by atoms with Crippen LogP contribution in [-0.2, 0) is 26.6 Å². The minimum absolute atomic E-state index is 0.637. The maximum absolute atomic E-state index is 5.83. The molecule has 10 heteroatoms. The van der Waals surface area contributed by atoms with E-state index < -0.39 is 17.6 Å². The third-order valence-corrected chi connectivity index (χ3v) is 12.0. The summed E-state index contributed by atoms with van der Waals surface area (Å²) in [4.78, 5) is 0. The van der Waals surface area contributed by atoms with Crippen molar-refractivity contribution in [1.29, 1.82) is 0 Å². The monoisotopic (exact) mass is 594 g/mol. The molecule has 0 aliphatic heterocycles. The normalized spacial score (nSPS) is 11.6. The maximum atomic E-state index is 5.83. The van der Waals surface area contributed by atoms with Gasteiger partial charge in [0.2, 0.25) is 0 Å². The van der Waals surface area contributed by atoms with E-state index in [1.165, 1.54) is 0 Å². The molecule has 0 aliphatic carbocycles. The minimum atomic E-state index is -2.47. The van der Waals surface area contributed by atoms with Crippen molar-refractivity contribution >= 4 is 29.0 Å². The molecule has 0 aromatic heterocycles. The first-order valence-corrected chi connectivity index (χ1v) is 18.8. The summed E-state index contributed by atoms with van der Waals surface area (Å²) in [5.41, 5.74) is 2.29. The number of para-hydroxylation sites is 2. The summed E-state index contributed by atoms with van der Waals surface area (Å²) in [5.74, 6) is 0. The van der Waals surface area contributed by atoms with Crippen molar-refractivity contribution in [3.8, 4) is 0 Å². The first-order chi connectivity index (χ1) is 19.5. The Balaban J connectivity index is 0.000000400. The van der Waals surface area contributed by atoms with Crippen LogP contribution in [0.4, 0.5) is 11.4 Å². The predicted octanol–water partition coefficient (Wildman–Crippen LogP) is 7.07. The van der Waals surface area contributed by atoms with Crippen LogP contribution in [0, 0.1) is 0 Å². The number of rotatable bonds is 22. The van der Waals surface area contributed by atoms with Crippen LogP contribution in [0.1, 0.15) is 54.4 Å². The highest BCUT2D eigenvalue weighted by Gasteiger charge is 2.40. The van der Waals surface area contributed by atoms with Crippen LogP contribution >= 0.6 is 0 Å². The number of hydrogen-bond donors (Lipinski definition) is 2. The van der Waals surface area contributed by atoms with E-state index in [2.05, 4.69) is 34.9 Å². The molecule has 0 radical (unpaired) electrons. The molecular weight excluding hydrogens is 541 g/mol. The third kappa shape index (κ3) is 15.3. The van der Waals surface area contributed by atoms with Gasteiger partial charge in [-0.05, 0) is 78.6 Å². The van der Waals surface area contributed by atoms with Crippen LogP contribution in [0.5, 0.6) is 0 Å². The standard InChI is InChI=1S/2C15H27NO3Si/c2*1-4-17-20(18-5-2,19-6-3)14-10-13-16-15-11-8-7-9-12-15/h2*7-9,11-12,16H,4-6,10,13-14H2,1-3H3. The fourth-order valence-corrected chi connectivity index (χ4v) is 9.41. The van der Waals surface area contributed by atoms with Crippen molar-refractivity contribution in [2.24, 2.45) is 0 Å². The van der Waals surface area contributed by atoms with Crippen molar-refractivity contribution in [3.63, 3.8) is 0 Å². The lowest BCUT2D eigenvalue weighted by Crippen LogP contribution is -2.46. The molecule has 2 aromatic rings. The Morgan fingerprint density at radius 1 is 0.450 bits per heavy atom. The molecule has 0 fully saturated rings. The molecule has 0 amide bonds. The molecule has 2 aromatic carbocycles. The first kappa shape index (κ1) is 36.3.